The molecule has 0 bridgehead atoms. The van der Waals surface area contributed by atoms with Crippen molar-refractivity contribution in [1.29, 1.82) is 0 Å². The maximum atomic E-state index is 11.7. The highest BCUT2D eigenvalue weighted by atomic mass is 16.5. The summed E-state index contributed by atoms with van der Waals surface area (Å²) in [6, 6.07) is 0. The first-order valence-electron chi connectivity index (χ1n) is 14.2. The van der Waals surface area contributed by atoms with Crippen LogP contribution in [0.15, 0.2) is 0 Å². The molecule has 6 fully saturated rings. The monoisotopic (exact) mass is 476 g/mol. The highest BCUT2D eigenvalue weighted by Crippen LogP contribution is 2.87. The van der Waals surface area contributed by atoms with Gasteiger partial charge in [0.05, 0.1) is 36.1 Å². The van der Waals surface area contributed by atoms with Crippen molar-refractivity contribution in [3.8, 4) is 0 Å². The average molecular weight is 477 g/mol. The minimum absolute atomic E-state index is 0.0110. The highest BCUT2D eigenvalue weighted by molar-refractivity contribution is 5.30. The van der Waals surface area contributed by atoms with Gasteiger partial charge in [0.2, 0.25) is 0 Å². The second-order valence-corrected chi connectivity index (χ2v) is 14.8. The van der Waals surface area contributed by atoms with Crippen molar-refractivity contribution in [2.45, 2.75) is 135 Å². The maximum Gasteiger partial charge on any atom is 0.0861 e. The van der Waals surface area contributed by atoms with Gasteiger partial charge in [-0.3, -0.25) is 0 Å². The van der Waals surface area contributed by atoms with Crippen LogP contribution < -0.4 is 0 Å². The molecule has 0 aromatic rings. The zero-order chi connectivity index (χ0) is 24.5. The lowest BCUT2D eigenvalue weighted by Crippen LogP contribution is -2.59. The van der Waals surface area contributed by atoms with Crippen LogP contribution >= 0.6 is 0 Å². The summed E-state index contributed by atoms with van der Waals surface area (Å²) in [5.74, 6) is 1.08. The van der Waals surface area contributed by atoms with Gasteiger partial charge in [0.15, 0.2) is 0 Å². The van der Waals surface area contributed by atoms with Crippen LogP contribution in [0.2, 0.25) is 0 Å². The van der Waals surface area contributed by atoms with Crippen molar-refractivity contribution >= 4 is 0 Å². The molecule has 1 saturated heterocycles. The summed E-state index contributed by atoms with van der Waals surface area (Å²) in [5.41, 5.74) is -0.584. The molecule has 194 valence electrons. The lowest BCUT2D eigenvalue weighted by Gasteiger charge is -2.61. The number of hydrogen-bond donors (Lipinski definition) is 4. The molecule has 0 amide bonds. The van der Waals surface area contributed by atoms with Gasteiger partial charge in [0.25, 0.3) is 0 Å². The van der Waals surface area contributed by atoms with E-state index in [0.29, 0.717) is 11.8 Å². The van der Waals surface area contributed by atoms with E-state index in [9.17, 15) is 20.4 Å². The predicted octanol–water partition coefficient (Wildman–Crippen LogP) is 4.05. The fourth-order valence-electron chi connectivity index (χ4n) is 11.5. The molecule has 0 aromatic heterocycles. The lowest BCUT2D eigenvalue weighted by atomic mass is 9.44. The quantitative estimate of drug-likeness (QED) is 0.483. The van der Waals surface area contributed by atoms with Crippen molar-refractivity contribution in [2.75, 3.05) is 0 Å². The summed E-state index contributed by atoms with van der Waals surface area (Å²) in [6.07, 6.45) is 8.92. The molecule has 1 heterocycles. The Kier molecular flexibility index (Phi) is 5.13. The van der Waals surface area contributed by atoms with Gasteiger partial charge in [0, 0.05) is 5.92 Å². The Labute approximate surface area is 205 Å². The van der Waals surface area contributed by atoms with Gasteiger partial charge in [0.1, 0.15) is 0 Å². The summed E-state index contributed by atoms with van der Waals surface area (Å²) < 4.78 is 6.41. The number of hydrogen-bond acceptors (Lipinski definition) is 5. The lowest BCUT2D eigenvalue weighted by molar-refractivity contribution is -0.185. The second kappa shape index (κ2) is 7.22. The van der Waals surface area contributed by atoms with Gasteiger partial charge in [-0.25, -0.2) is 0 Å². The molecular weight excluding hydrogens is 428 g/mol. The molecule has 10 unspecified atom stereocenters. The highest BCUT2D eigenvalue weighted by Gasteiger charge is 2.82. The Bertz CT molecular complexity index is 835. The van der Waals surface area contributed by atoms with Crippen molar-refractivity contribution in [1.82, 2.24) is 0 Å². The molecule has 0 radical (unpaired) electrons. The summed E-state index contributed by atoms with van der Waals surface area (Å²) in [7, 11) is 0. The molecule has 1 aliphatic heterocycles. The minimum atomic E-state index is -0.852. The van der Waals surface area contributed by atoms with Gasteiger partial charge >= 0.3 is 0 Å². The molecule has 6 aliphatic rings. The third-order valence-electron chi connectivity index (χ3n) is 12.9. The maximum absolute atomic E-state index is 11.7. The molecule has 34 heavy (non-hydrogen) atoms. The molecule has 6 rings (SSSR count). The molecule has 12 atom stereocenters. The van der Waals surface area contributed by atoms with Crippen LogP contribution in [0.25, 0.3) is 0 Å². The Hall–Kier alpha value is -0.200. The van der Waals surface area contributed by atoms with Crippen molar-refractivity contribution in [3.05, 3.63) is 0 Å². The largest absolute Gasteiger partial charge is 0.393 e. The topological polar surface area (TPSA) is 90.2 Å². The van der Waals surface area contributed by atoms with E-state index in [0.717, 1.165) is 44.9 Å². The normalized spacial score (nSPS) is 58.3. The number of rotatable bonds is 2. The van der Waals surface area contributed by atoms with Crippen LogP contribution in [-0.4, -0.2) is 56.5 Å². The van der Waals surface area contributed by atoms with E-state index in [1.54, 1.807) is 0 Å². The van der Waals surface area contributed by atoms with E-state index >= 15 is 0 Å². The molecular formula is C29H48O5. The molecule has 5 aliphatic carbocycles. The summed E-state index contributed by atoms with van der Waals surface area (Å²) in [4.78, 5) is 0. The zero-order valence-corrected chi connectivity index (χ0v) is 22.0. The van der Waals surface area contributed by atoms with E-state index < -0.39 is 5.60 Å². The molecule has 5 saturated carbocycles. The first-order valence-corrected chi connectivity index (χ1v) is 14.2. The fraction of sp³-hybridized carbons (Fsp3) is 1.00. The van der Waals surface area contributed by atoms with Crippen LogP contribution in [0, 0.1) is 45.3 Å². The first-order chi connectivity index (χ1) is 15.8. The van der Waals surface area contributed by atoms with Crippen LogP contribution in [0.5, 0.6) is 0 Å². The number of aliphatic hydroxyl groups excluding tert-OH is 3. The van der Waals surface area contributed by atoms with Gasteiger partial charge in [-0.15, -0.1) is 0 Å². The molecule has 5 heteroatoms. The number of fused-ring (bicyclic) bond motifs is 1. The van der Waals surface area contributed by atoms with Crippen molar-refractivity contribution < 1.29 is 25.2 Å². The van der Waals surface area contributed by atoms with E-state index in [2.05, 4.69) is 20.8 Å². The average Bonchev–Trinajstić information content (AvgIpc) is 3.01. The number of aliphatic hydroxyl groups is 4. The molecule has 0 aromatic carbocycles. The van der Waals surface area contributed by atoms with Crippen LogP contribution in [-0.2, 0) is 4.74 Å². The van der Waals surface area contributed by atoms with E-state index in [4.69, 9.17) is 4.74 Å². The molecule has 4 N–H and O–H groups in total. The predicted molar refractivity (Wildman–Crippen MR) is 130 cm³/mol. The smallest absolute Gasteiger partial charge is 0.0861 e. The Balaban J connectivity index is 1.32. The molecule has 3 spiro atoms. The van der Waals surface area contributed by atoms with E-state index in [-0.39, 0.29) is 64.0 Å². The Morgan fingerprint density at radius 3 is 2.32 bits per heavy atom. The second-order valence-electron chi connectivity index (χ2n) is 14.8. The molecule has 5 nitrogen and oxygen atoms in total. The van der Waals surface area contributed by atoms with Crippen molar-refractivity contribution in [2.24, 2.45) is 45.3 Å². The third-order valence-corrected chi connectivity index (χ3v) is 12.9. The Morgan fingerprint density at radius 1 is 0.912 bits per heavy atom. The van der Waals surface area contributed by atoms with E-state index in [1.165, 1.54) is 19.3 Å². The minimum Gasteiger partial charge on any atom is -0.393 e. The summed E-state index contributed by atoms with van der Waals surface area (Å²) in [5, 5.41) is 44.5. The van der Waals surface area contributed by atoms with Gasteiger partial charge in [-0.05, 0) is 111 Å². The van der Waals surface area contributed by atoms with E-state index in [1.807, 2.05) is 13.8 Å². The van der Waals surface area contributed by atoms with Gasteiger partial charge in [-0.2, -0.15) is 0 Å². The summed E-state index contributed by atoms with van der Waals surface area (Å²) >= 11 is 0. The van der Waals surface area contributed by atoms with Crippen LogP contribution in [0.4, 0.5) is 0 Å². The summed E-state index contributed by atoms with van der Waals surface area (Å²) in [6.45, 7) is 10.4. The van der Waals surface area contributed by atoms with Gasteiger partial charge in [-0.1, -0.05) is 27.2 Å². The fourth-order valence-corrected chi connectivity index (χ4v) is 11.5. The standard InChI is InChI=1S/C29H48O5/c1-16-23(19-7-8-22(34-19)26(4,5)33)18(31)14-27(16)10-6-11-28-15-29(28)12-9-21(32)25(2,3)24(29)17(30)13-20(27)28/h16-24,30-33H,6-15H2,1-5H3/t16-,17-,18?,19?,20?,21?,22?,23?,24?,27?,28?,29?/m0/s1. The SMILES string of the molecule is C[C@H]1C(C2CCC(C(C)(C)O)O2)C(O)CC12CCCC13CC14CCC(O)C(C)(C)C4[C@@H](O)CC23. The van der Waals surface area contributed by atoms with Gasteiger partial charge < -0.3 is 25.2 Å². The van der Waals surface area contributed by atoms with Crippen LogP contribution in [0.1, 0.15) is 98.8 Å². The zero-order valence-electron chi connectivity index (χ0n) is 22.0. The van der Waals surface area contributed by atoms with Crippen molar-refractivity contribution in [3.63, 3.8) is 0 Å². The number of ether oxygens (including phenoxy) is 1. The Morgan fingerprint density at radius 2 is 1.65 bits per heavy atom. The van der Waals surface area contributed by atoms with Crippen LogP contribution in [0.3, 0.4) is 0 Å². The first kappa shape index (κ1) is 24.2. The third kappa shape index (κ3) is 2.85.